The summed E-state index contributed by atoms with van der Waals surface area (Å²) in [6.45, 7) is 0. The maximum atomic E-state index is 10.0. The SMILES string of the molecule is O=C([O-])c1ccccn1.[Cr+2]. The molecule has 10 heavy (non-hydrogen) atoms. The predicted molar refractivity (Wildman–Crippen MR) is 28.6 cm³/mol. The molecule has 0 aliphatic carbocycles. The quantitative estimate of drug-likeness (QED) is 0.573. The van der Waals surface area contributed by atoms with E-state index in [0.717, 1.165) is 0 Å². The van der Waals surface area contributed by atoms with E-state index in [-0.39, 0.29) is 23.1 Å². The monoisotopic (exact) mass is 174 g/mol. The first-order valence-electron chi connectivity index (χ1n) is 2.43. The molecule has 3 nitrogen and oxygen atoms in total. The maximum absolute atomic E-state index is 10.0. The van der Waals surface area contributed by atoms with Crippen molar-refractivity contribution in [3.63, 3.8) is 0 Å². The van der Waals surface area contributed by atoms with Crippen molar-refractivity contribution in [2.75, 3.05) is 0 Å². The molecule has 1 rings (SSSR count). The average molecular weight is 174 g/mol. The number of carbonyl (C=O) groups excluding carboxylic acids is 1. The van der Waals surface area contributed by atoms with Crippen molar-refractivity contribution in [2.24, 2.45) is 0 Å². The molecule has 0 saturated heterocycles. The molecule has 0 aliphatic heterocycles. The van der Waals surface area contributed by atoms with Gasteiger partial charge in [-0.1, -0.05) is 6.07 Å². The third-order valence-electron chi connectivity index (χ3n) is 0.874. The second-order valence-electron chi connectivity index (χ2n) is 1.50. The van der Waals surface area contributed by atoms with E-state index >= 15 is 0 Å². The number of hydrogen-bond acceptors (Lipinski definition) is 3. The Bertz CT molecular complexity index is 212. The van der Waals surface area contributed by atoms with Gasteiger partial charge >= 0.3 is 17.4 Å². The standard InChI is InChI=1S/C6H5NO2.Cr/c8-6(9)5-3-1-2-4-7-5;/h1-4H,(H,8,9);/q;+2/p-1. The maximum Gasteiger partial charge on any atom is 2.00 e. The van der Waals surface area contributed by atoms with Crippen molar-refractivity contribution >= 4 is 5.97 Å². The van der Waals surface area contributed by atoms with Gasteiger partial charge in [0.2, 0.25) is 0 Å². The zero-order valence-corrected chi connectivity index (χ0v) is 6.26. The third kappa shape index (κ3) is 2.18. The summed E-state index contributed by atoms with van der Waals surface area (Å²) in [4.78, 5) is 13.5. The first-order valence-corrected chi connectivity index (χ1v) is 2.43. The summed E-state index contributed by atoms with van der Waals surface area (Å²) in [5, 5.41) is 10.0. The summed E-state index contributed by atoms with van der Waals surface area (Å²) in [7, 11) is 0. The van der Waals surface area contributed by atoms with Gasteiger partial charge in [0.1, 0.15) is 0 Å². The molecule has 0 saturated carbocycles. The molecule has 50 valence electrons. The molecular weight excluding hydrogens is 170 g/mol. The number of carboxylic acid groups (broad SMARTS) is 1. The van der Waals surface area contributed by atoms with E-state index in [1.807, 2.05) is 0 Å². The number of carboxylic acids is 1. The smallest absolute Gasteiger partial charge is 0.543 e. The van der Waals surface area contributed by atoms with Gasteiger partial charge in [-0.05, 0) is 12.1 Å². The molecule has 0 radical (unpaired) electrons. The van der Waals surface area contributed by atoms with Crippen LogP contribution in [-0.4, -0.2) is 11.0 Å². The Morgan fingerprint density at radius 2 is 2.20 bits per heavy atom. The zero-order chi connectivity index (χ0) is 6.69. The number of rotatable bonds is 1. The summed E-state index contributed by atoms with van der Waals surface area (Å²) in [5.41, 5.74) is -0.0301. The zero-order valence-electron chi connectivity index (χ0n) is 4.98. The molecule has 0 unspecified atom stereocenters. The minimum absolute atomic E-state index is 0. The van der Waals surface area contributed by atoms with Crippen molar-refractivity contribution < 1.29 is 27.3 Å². The van der Waals surface area contributed by atoms with Crippen LogP contribution in [0.1, 0.15) is 10.5 Å². The summed E-state index contributed by atoms with van der Waals surface area (Å²) in [6, 6.07) is 4.62. The van der Waals surface area contributed by atoms with Crippen molar-refractivity contribution in [3.8, 4) is 0 Å². The summed E-state index contributed by atoms with van der Waals surface area (Å²) in [6.07, 6.45) is 1.41. The Labute approximate surface area is 68.8 Å². The van der Waals surface area contributed by atoms with Crippen molar-refractivity contribution in [1.29, 1.82) is 0 Å². The van der Waals surface area contributed by atoms with E-state index in [4.69, 9.17) is 0 Å². The number of carbonyl (C=O) groups is 1. The van der Waals surface area contributed by atoms with Gasteiger partial charge in [-0.25, -0.2) is 0 Å². The molecule has 0 fully saturated rings. The minimum atomic E-state index is -1.24. The number of aromatic nitrogens is 1. The van der Waals surface area contributed by atoms with Crippen molar-refractivity contribution in [1.82, 2.24) is 4.98 Å². The Morgan fingerprint density at radius 1 is 1.50 bits per heavy atom. The fraction of sp³-hybridized carbons (Fsp3) is 0. The average Bonchev–Trinajstić information content (AvgIpc) is 1.90. The third-order valence-corrected chi connectivity index (χ3v) is 0.874. The van der Waals surface area contributed by atoms with E-state index in [1.54, 1.807) is 12.1 Å². The van der Waals surface area contributed by atoms with E-state index < -0.39 is 5.97 Å². The molecule has 0 atom stereocenters. The van der Waals surface area contributed by atoms with Crippen LogP contribution in [0.5, 0.6) is 0 Å². The van der Waals surface area contributed by atoms with Gasteiger partial charge < -0.3 is 9.90 Å². The number of nitrogens with zero attached hydrogens (tertiary/aromatic N) is 1. The van der Waals surface area contributed by atoms with Gasteiger partial charge in [-0.2, -0.15) is 0 Å². The van der Waals surface area contributed by atoms with Gasteiger partial charge in [0, 0.05) is 6.20 Å². The Morgan fingerprint density at radius 3 is 2.50 bits per heavy atom. The van der Waals surface area contributed by atoms with E-state index in [2.05, 4.69) is 4.98 Å². The van der Waals surface area contributed by atoms with Gasteiger partial charge in [0.05, 0.1) is 11.7 Å². The molecule has 4 heteroatoms. The fourth-order valence-corrected chi connectivity index (χ4v) is 0.484. The second kappa shape index (κ2) is 4.05. The molecular formula is C6H4CrNO2+. The molecule has 0 aliphatic rings. The molecule has 1 aromatic rings. The largest absolute Gasteiger partial charge is 2.00 e. The second-order valence-corrected chi connectivity index (χ2v) is 1.50. The van der Waals surface area contributed by atoms with Crippen LogP contribution >= 0.6 is 0 Å². The Hall–Kier alpha value is -0.848. The number of aromatic carboxylic acids is 1. The van der Waals surface area contributed by atoms with Crippen LogP contribution in [0, 0.1) is 0 Å². The summed E-state index contributed by atoms with van der Waals surface area (Å²) in [5.74, 6) is -1.24. The molecule has 0 amide bonds. The Balaban J connectivity index is 0.000000810. The molecule has 0 bridgehead atoms. The van der Waals surface area contributed by atoms with E-state index in [9.17, 15) is 9.90 Å². The summed E-state index contributed by atoms with van der Waals surface area (Å²) >= 11 is 0. The van der Waals surface area contributed by atoms with Gasteiger partial charge in [0.15, 0.2) is 0 Å². The first-order chi connectivity index (χ1) is 4.30. The van der Waals surface area contributed by atoms with Crippen LogP contribution in [-0.2, 0) is 17.4 Å². The van der Waals surface area contributed by atoms with Crippen molar-refractivity contribution in [2.45, 2.75) is 0 Å². The predicted octanol–water partition coefficient (Wildman–Crippen LogP) is -0.557. The topological polar surface area (TPSA) is 53.0 Å². The van der Waals surface area contributed by atoms with Crippen LogP contribution in [0.15, 0.2) is 24.4 Å². The fourth-order valence-electron chi connectivity index (χ4n) is 0.484. The molecule has 0 spiro atoms. The van der Waals surface area contributed by atoms with Crippen LogP contribution < -0.4 is 5.11 Å². The van der Waals surface area contributed by atoms with Crippen LogP contribution in [0.2, 0.25) is 0 Å². The van der Waals surface area contributed by atoms with Crippen molar-refractivity contribution in [3.05, 3.63) is 30.1 Å². The minimum Gasteiger partial charge on any atom is -0.543 e. The summed E-state index contributed by atoms with van der Waals surface area (Å²) < 4.78 is 0. The Kier molecular flexibility index (Phi) is 3.70. The van der Waals surface area contributed by atoms with Gasteiger partial charge in [-0.15, -0.1) is 0 Å². The normalized spacial score (nSPS) is 8.00. The molecule has 0 N–H and O–H groups in total. The molecule has 1 heterocycles. The van der Waals surface area contributed by atoms with Crippen LogP contribution in [0.25, 0.3) is 0 Å². The van der Waals surface area contributed by atoms with Gasteiger partial charge in [-0.3, -0.25) is 4.98 Å². The van der Waals surface area contributed by atoms with E-state index in [1.165, 1.54) is 12.3 Å². The number of pyridine rings is 1. The van der Waals surface area contributed by atoms with E-state index in [0.29, 0.717) is 0 Å². The van der Waals surface area contributed by atoms with Crippen LogP contribution in [0.3, 0.4) is 0 Å². The van der Waals surface area contributed by atoms with Gasteiger partial charge in [0.25, 0.3) is 0 Å². The van der Waals surface area contributed by atoms with Crippen LogP contribution in [0.4, 0.5) is 0 Å². The molecule has 1 aromatic heterocycles. The first kappa shape index (κ1) is 9.15. The number of hydrogen-bond donors (Lipinski definition) is 0. The molecule has 0 aromatic carbocycles.